The van der Waals surface area contributed by atoms with Gasteiger partial charge in [0.25, 0.3) is 0 Å². The van der Waals surface area contributed by atoms with E-state index in [4.69, 9.17) is 14.3 Å². The predicted octanol–water partition coefficient (Wildman–Crippen LogP) is 1.39. The Balaban J connectivity index is 5.39. The van der Waals surface area contributed by atoms with Crippen LogP contribution in [0.4, 0.5) is 0 Å². The van der Waals surface area contributed by atoms with Crippen molar-refractivity contribution >= 4 is 30.4 Å². The van der Waals surface area contributed by atoms with Crippen molar-refractivity contribution in [2.24, 2.45) is 0 Å². The molecule has 26 heavy (non-hydrogen) atoms. The highest BCUT2D eigenvalue weighted by Gasteiger charge is 2.59. The number of hydrogen-bond donors (Lipinski definition) is 7. The van der Waals surface area contributed by atoms with Gasteiger partial charge in [0.1, 0.15) is 0 Å². The first-order valence-corrected chi connectivity index (χ1v) is 14.4. The smallest absolute Gasteiger partial charge is 0.324 e. The van der Waals surface area contributed by atoms with Crippen LogP contribution < -0.4 is 0 Å². The molecule has 16 heteroatoms. The Morgan fingerprint density at radius 2 is 1.19 bits per heavy atom. The molecular weight excluding hydrogens is 436 g/mol. The zero-order valence-corrected chi connectivity index (χ0v) is 17.7. The normalized spacial score (nSPS) is 16.5. The van der Waals surface area contributed by atoms with Gasteiger partial charge in [0, 0.05) is 6.16 Å². The molecule has 1 atom stereocenters. The number of hydrogen-bond acceptors (Lipinski definition) is 5. The highest BCUT2D eigenvalue weighted by molar-refractivity contribution is 7.72. The van der Waals surface area contributed by atoms with Crippen molar-refractivity contribution in [3.05, 3.63) is 0 Å². The van der Waals surface area contributed by atoms with E-state index in [1.807, 2.05) is 0 Å². The summed E-state index contributed by atoms with van der Waals surface area (Å²) in [6.07, 6.45) is -3.61. The van der Waals surface area contributed by atoms with Gasteiger partial charge in [-0.1, -0.05) is 6.92 Å². The molecule has 12 nitrogen and oxygen atoms in total. The average Bonchev–Trinajstić information content (AvgIpc) is 2.39. The molecule has 0 radical (unpaired) electrons. The molecule has 1 unspecified atom stereocenters. The van der Waals surface area contributed by atoms with Crippen LogP contribution in [0.15, 0.2) is 0 Å². The quantitative estimate of drug-likeness (QED) is 0.193. The van der Waals surface area contributed by atoms with E-state index in [1.54, 1.807) is 6.92 Å². The molecule has 0 aromatic carbocycles. The van der Waals surface area contributed by atoms with Crippen molar-refractivity contribution < 1.29 is 57.0 Å². The monoisotopic (exact) mass is 462 g/mol. The summed E-state index contributed by atoms with van der Waals surface area (Å²) in [4.78, 5) is 62.4. The molecule has 0 aliphatic carbocycles. The van der Waals surface area contributed by atoms with E-state index in [0.29, 0.717) is 6.42 Å². The van der Waals surface area contributed by atoms with Crippen LogP contribution in [0, 0.1) is 0 Å². The first-order valence-electron chi connectivity index (χ1n) is 7.60. The van der Waals surface area contributed by atoms with Gasteiger partial charge >= 0.3 is 30.4 Å². The van der Waals surface area contributed by atoms with Gasteiger partial charge in [0.05, 0.1) is 12.8 Å². The predicted molar refractivity (Wildman–Crippen MR) is 93.1 cm³/mol. The fourth-order valence-corrected chi connectivity index (χ4v) is 7.19. The third-order valence-corrected chi connectivity index (χ3v) is 10.6. The van der Waals surface area contributed by atoms with Gasteiger partial charge in [-0.3, -0.25) is 18.3 Å². The summed E-state index contributed by atoms with van der Waals surface area (Å²) in [7, 11) is -19.5. The molecule has 0 aromatic heterocycles. The minimum atomic E-state index is -5.44. The fraction of sp³-hybridized carbons (Fsp3) is 1.00. The van der Waals surface area contributed by atoms with E-state index in [1.165, 1.54) is 0 Å². The van der Waals surface area contributed by atoms with Crippen molar-refractivity contribution in [1.82, 2.24) is 0 Å². The van der Waals surface area contributed by atoms with Crippen LogP contribution in [0.5, 0.6) is 0 Å². The first kappa shape index (κ1) is 26.6. The van der Waals surface area contributed by atoms with E-state index in [0.717, 1.165) is 0 Å². The van der Waals surface area contributed by atoms with Crippen molar-refractivity contribution in [2.45, 2.75) is 43.9 Å². The summed E-state index contributed by atoms with van der Waals surface area (Å²) in [6.45, 7) is 1.66. The van der Waals surface area contributed by atoms with E-state index in [2.05, 4.69) is 0 Å². The summed E-state index contributed by atoms with van der Waals surface area (Å²) in [5, 5.41) is 0. The Kier molecular flexibility index (Phi) is 10.1. The van der Waals surface area contributed by atoms with Crippen molar-refractivity contribution in [3.8, 4) is 0 Å². The Labute approximate surface area is 151 Å². The maximum atomic E-state index is 11.8. The molecular formula is C10H26O12P4. The van der Waals surface area contributed by atoms with Gasteiger partial charge in [0.2, 0.25) is 0 Å². The Bertz CT molecular complexity index is 608. The SMILES string of the molecule is CCCOP(=O)(O)CCCC(CCCP(=O)(O)O)(P(=O)(O)O)P(=O)(O)O. The van der Waals surface area contributed by atoms with Gasteiger partial charge in [-0.25, -0.2) is 0 Å². The lowest BCUT2D eigenvalue weighted by Crippen LogP contribution is -2.30. The van der Waals surface area contributed by atoms with E-state index in [9.17, 15) is 42.7 Å². The van der Waals surface area contributed by atoms with Crippen LogP contribution in [0.2, 0.25) is 0 Å². The molecule has 0 saturated carbocycles. The molecule has 0 aromatic rings. The van der Waals surface area contributed by atoms with E-state index >= 15 is 0 Å². The van der Waals surface area contributed by atoms with Gasteiger partial charge < -0.3 is 38.8 Å². The molecule has 0 spiro atoms. The molecule has 0 bridgehead atoms. The average molecular weight is 462 g/mol. The lowest BCUT2D eigenvalue weighted by Gasteiger charge is -2.35. The van der Waals surface area contributed by atoms with Crippen molar-refractivity contribution in [2.75, 3.05) is 18.9 Å². The molecule has 7 N–H and O–H groups in total. The second-order valence-corrected chi connectivity index (χ2v) is 13.9. The molecule has 0 aliphatic rings. The zero-order valence-electron chi connectivity index (χ0n) is 14.1. The fourth-order valence-electron chi connectivity index (χ4n) is 2.31. The van der Waals surface area contributed by atoms with Crippen molar-refractivity contribution in [3.63, 3.8) is 0 Å². The summed E-state index contributed by atoms with van der Waals surface area (Å²) >= 11 is 0. The Morgan fingerprint density at radius 3 is 1.54 bits per heavy atom. The minimum absolute atomic E-state index is 0.0296. The first-order chi connectivity index (χ1) is 11.5. The number of rotatable bonds is 13. The van der Waals surface area contributed by atoms with Crippen LogP contribution in [0.25, 0.3) is 0 Å². The molecule has 0 fully saturated rings. The van der Waals surface area contributed by atoms with Crippen LogP contribution >= 0.6 is 30.4 Å². The summed E-state index contributed by atoms with van der Waals surface area (Å²) < 4.78 is 51.0. The lowest BCUT2D eigenvalue weighted by atomic mass is 10.1. The second kappa shape index (κ2) is 9.88. The van der Waals surface area contributed by atoms with Crippen LogP contribution in [0.1, 0.15) is 39.0 Å². The third kappa shape index (κ3) is 8.74. The minimum Gasteiger partial charge on any atom is -0.324 e. The topological polar surface area (TPSA) is 219 Å². The summed E-state index contributed by atoms with van der Waals surface area (Å²) in [5.74, 6) is 0. The molecule has 0 aliphatic heterocycles. The lowest BCUT2D eigenvalue weighted by molar-refractivity contribution is 0.256. The third-order valence-electron chi connectivity index (χ3n) is 3.63. The van der Waals surface area contributed by atoms with Gasteiger partial charge in [-0.2, -0.15) is 0 Å². The molecule has 158 valence electrons. The van der Waals surface area contributed by atoms with E-state index < -0.39 is 73.3 Å². The second-order valence-electron chi connectivity index (χ2n) is 5.86. The highest BCUT2D eigenvalue weighted by Crippen LogP contribution is 2.73. The maximum Gasteiger partial charge on any atom is 0.343 e. The molecule has 0 saturated heterocycles. The largest absolute Gasteiger partial charge is 0.343 e. The van der Waals surface area contributed by atoms with Gasteiger partial charge in [-0.05, 0) is 32.1 Å². The standard InChI is InChI=1S/C10H26O12P4/c1-2-7-22-24(14,15)9-4-6-10(25(16,17)18,26(19,20)21)5-3-8-23(11,12)13/h2-9H2,1H3,(H,14,15)(H2,11,12,13)(H2,16,17,18)(H2,19,20,21). The van der Waals surface area contributed by atoms with Crippen LogP contribution in [0.3, 0.4) is 0 Å². The van der Waals surface area contributed by atoms with Crippen molar-refractivity contribution in [1.29, 1.82) is 0 Å². The van der Waals surface area contributed by atoms with E-state index in [-0.39, 0.29) is 6.61 Å². The maximum absolute atomic E-state index is 11.8. The molecule has 0 heterocycles. The Morgan fingerprint density at radius 1 is 0.769 bits per heavy atom. The van der Waals surface area contributed by atoms with Gasteiger partial charge in [0.15, 0.2) is 4.90 Å². The Hall–Kier alpha value is 0.600. The zero-order chi connectivity index (χ0) is 20.9. The summed E-state index contributed by atoms with van der Waals surface area (Å²) in [5.41, 5.74) is 0. The molecule has 0 amide bonds. The van der Waals surface area contributed by atoms with Crippen LogP contribution in [-0.4, -0.2) is 58.1 Å². The van der Waals surface area contributed by atoms with Crippen LogP contribution in [-0.2, 0) is 22.8 Å². The highest BCUT2D eigenvalue weighted by atomic mass is 31.2. The van der Waals surface area contributed by atoms with Gasteiger partial charge in [-0.15, -0.1) is 0 Å². The summed E-state index contributed by atoms with van der Waals surface area (Å²) in [6, 6.07) is 0. The molecule has 0 rings (SSSR count).